The van der Waals surface area contributed by atoms with Gasteiger partial charge in [-0.2, -0.15) is 0 Å². The molecule has 2 aliphatic rings. The maximum atomic E-state index is 14.0. The fourth-order valence-electron chi connectivity index (χ4n) is 5.28. The van der Waals surface area contributed by atoms with Crippen molar-refractivity contribution in [3.8, 4) is 27.5 Å². The van der Waals surface area contributed by atoms with E-state index >= 15 is 0 Å². The second-order valence-electron chi connectivity index (χ2n) is 10.1. The summed E-state index contributed by atoms with van der Waals surface area (Å²) in [5, 5.41) is 3.22. The van der Waals surface area contributed by atoms with Gasteiger partial charge in [-0.25, -0.2) is 4.98 Å². The molecule has 6 rings (SSSR count). The second-order valence-corrected chi connectivity index (χ2v) is 11.4. The van der Waals surface area contributed by atoms with Crippen LogP contribution in [0.4, 0.5) is 0 Å². The quantitative estimate of drug-likeness (QED) is 0.330. The summed E-state index contributed by atoms with van der Waals surface area (Å²) in [6, 6.07) is 17.5. The molecule has 0 spiro atoms. The minimum Gasteiger partial charge on any atom is -0.304 e. The molecule has 1 aliphatic carbocycles. The number of fused-ring (bicyclic) bond motifs is 1. The Balaban J connectivity index is 1.37. The van der Waals surface area contributed by atoms with Crippen molar-refractivity contribution in [2.45, 2.75) is 25.8 Å². The standard InChI is InChI=1S/C30H29ClN4O2S/c1-33-13-15-34(16-14-33)18-20-5-11-23(12-6-20)35-27-3-2-4-28(36)24(27)17-25(30(35)37)29-32-26(19-38-29)21-7-9-22(31)10-8-21/h5-12,17,19H,2-4,13-16,18H2,1H3. The number of Topliss-reactive ketones (excluding diaryl/α,β-unsaturated/α-hetero) is 1. The van der Waals surface area contributed by atoms with Crippen LogP contribution in [-0.2, 0) is 13.0 Å². The lowest BCUT2D eigenvalue weighted by Gasteiger charge is -2.32. The smallest absolute Gasteiger partial charge is 0.265 e. The van der Waals surface area contributed by atoms with Crippen molar-refractivity contribution in [2.24, 2.45) is 0 Å². The van der Waals surface area contributed by atoms with Gasteiger partial charge in [0.25, 0.3) is 5.56 Å². The van der Waals surface area contributed by atoms with Crippen molar-refractivity contribution in [3.63, 3.8) is 0 Å². The average Bonchev–Trinajstić information content (AvgIpc) is 3.41. The van der Waals surface area contributed by atoms with E-state index in [1.165, 1.54) is 16.9 Å². The van der Waals surface area contributed by atoms with E-state index in [0.29, 0.717) is 34.0 Å². The summed E-state index contributed by atoms with van der Waals surface area (Å²) < 4.78 is 1.74. The van der Waals surface area contributed by atoms with E-state index in [1.807, 2.05) is 41.8 Å². The molecule has 1 fully saturated rings. The predicted molar refractivity (Wildman–Crippen MR) is 154 cm³/mol. The van der Waals surface area contributed by atoms with Gasteiger partial charge in [0, 0.05) is 72.1 Å². The first kappa shape index (κ1) is 25.2. The van der Waals surface area contributed by atoms with Crippen molar-refractivity contribution in [1.29, 1.82) is 0 Å². The molecule has 0 unspecified atom stereocenters. The summed E-state index contributed by atoms with van der Waals surface area (Å²) in [5.74, 6) is 0.0856. The zero-order chi connectivity index (χ0) is 26.2. The molecular formula is C30H29ClN4O2S. The Kier molecular flexibility index (Phi) is 7.01. The average molecular weight is 545 g/mol. The SMILES string of the molecule is CN1CCN(Cc2ccc(-n3c4c(cc(-c5nc(-c6ccc(Cl)cc6)cs5)c3=O)C(=O)CCC4)cc2)CC1. The number of aromatic nitrogens is 2. The number of ketones is 1. The summed E-state index contributed by atoms with van der Waals surface area (Å²) in [6.07, 6.45) is 1.96. The van der Waals surface area contributed by atoms with Gasteiger partial charge >= 0.3 is 0 Å². The summed E-state index contributed by atoms with van der Waals surface area (Å²) >= 11 is 7.46. The van der Waals surface area contributed by atoms with Gasteiger partial charge in [0.1, 0.15) is 5.01 Å². The van der Waals surface area contributed by atoms with Gasteiger partial charge in [-0.1, -0.05) is 35.9 Å². The molecule has 1 saturated heterocycles. The summed E-state index contributed by atoms with van der Waals surface area (Å²) in [7, 11) is 2.16. The fraction of sp³-hybridized carbons (Fsp3) is 0.300. The molecule has 0 amide bonds. The fourth-order valence-corrected chi connectivity index (χ4v) is 6.25. The van der Waals surface area contributed by atoms with Crippen molar-refractivity contribution >= 4 is 28.7 Å². The third-order valence-corrected chi connectivity index (χ3v) is 8.62. The molecule has 4 aromatic rings. The largest absolute Gasteiger partial charge is 0.304 e. The van der Waals surface area contributed by atoms with Crippen LogP contribution in [0.2, 0.25) is 5.02 Å². The number of thiazole rings is 1. The highest BCUT2D eigenvalue weighted by Gasteiger charge is 2.25. The summed E-state index contributed by atoms with van der Waals surface area (Å²) in [4.78, 5) is 36.5. The Bertz CT molecular complexity index is 1530. The van der Waals surface area contributed by atoms with Crippen LogP contribution in [0.25, 0.3) is 27.5 Å². The highest BCUT2D eigenvalue weighted by molar-refractivity contribution is 7.13. The lowest BCUT2D eigenvalue weighted by Crippen LogP contribution is -2.43. The van der Waals surface area contributed by atoms with Gasteiger partial charge in [-0.3, -0.25) is 19.1 Å². The zero-order valence-electron chi connectivity index (χ0n) is 21.3. The van der Waals surface area contributed by atoms with Crippen molar-refractivity contribution in [3.05, 3.63) is 92.2 Å². The molecule has 1 aliphatic heterocycles. The molecule has 2 aromatic heterocycles. The molecule has 0 atom stereocenters. The number of likely N-dealkylation sites (N-methyl/N-ethyl adjacent to an activating group) is 1. The normalized spacial score (nSPS) is 16.5. The Labute approximate surface area is 231 Å². The van der Waals surface area contributed by atoms with Crippen LogP contribution in [0.15, 0.2) is 64.8 Å². The highest BCUT2D eigenvalue weighted by Crippen LogP contribution is 2.31. The monoisotopic (exact) mass is 544 g/mol. The Morgan fingerprint density at radius 2 is 1.66 bits per heavy atom. The van der Waals surface area contributed by atoms with Gasteiger partial charge in [0.05, 0.1) is 11.3 Å². The number of carbonyl (C=O) groups excluding carboxylic acids is 1. The van der Waals surface area contributed by atoms with E-state index < -0.39 is 0 Å². The molecule has 0 bridgehead atoms. The molecular weight excluding hydrogens is 516 g/mol. The lowest BCUT2D eigenvalue weighted by atomic mass is 9.93. The first-order valence-electron chi connectivity index (χ1n) is 13.0. The molecule has 194 valence electrons. The first-order valence-corrected chi connectivity index (χ1v) is 14.3. The van der Waals surface area contributed by atoms with Gasteiger partial charge in [-0.15, -0.1) is 11.3 Å². The van der Waals surface area contributed by atoms with Crippen LogP contribution < -0.4 is 5.56 Å². The maximum Gasteiger partial charge on any atom is 0.265 e. The number of piperazine rings is 1. The topological polar surface area (TPSA) is 58.4 Å². The number of hydrogen-bond acceptors (Lipinski definition) is 6. The van der Waals surface area contributed by atoms with Crippen LogP contribution >= 0.6 is 22.9 Å². The first-order chi connectivity index (χ1) is 18.5. The third-order valence-electron chi connectivity index (χ3n) is 7.49. The van der Waals surface area contributed by atoms with Crippen molar-refractivity contribution in [1.82, 2.24) is 19.4 Å². The van der Waals surface area contributed by atoms with Gasteiger partial charge in [0.15, 0.2) is 5.78 Å². The number of hydrogen-bond donors (Lipinski definition) is 0. The van der Waals surface area contributed by atoms with Crippen molar-refractivity contribution in [2.75, 3.05) is 33.2 Å². The molecule has 6 nitrogen and oxygen atoms in total. The molecule has 2 aromatic carbocycles. The third kappa shape index (κ3) is 4.99. The van der Waals surface area contributed by atoms with Crippen molar-refractivity contribution < 1.29 is 4.79 Å². The minimum absolute atomic E-state index is 0.0856. The molecule has 0 saturated carbocycles. The Hall–Kier alpha value is -3.10. The zero-order valence-corrected chi connectivity index (χ0v) is 22.9. The van der Waals surface area contributed by atoms with E-state index in [4.69, 9.17) is 16.6 Å². The minimum atomic E-state index is -0.137. The van der Waals surface area contributed by atoms with E-state index in [0.717, 1.165) is 61.8 Å². The van der Waals surface area contributed by atoms with Crippen LogP contribution in [0.3, 0.4) is 0 Å². The summed E-state index contributed by atoms with van der Waals surface area (Å²) in [6.45, 7) is 5.17. The Morgan fingerprint density at radius 1 is 0.921 bits per heavy atom. The Morgan fingerprint density at radius 3 is 2.39 bits per heavy atom. The van der Waals surface area contributed by atoms with Crippen LogP contribution in [-0.4, -0.2) is 58.4 Å². The molecule has 3 heterocycles. The highest BCUT2D eigenvalue weighted by atomic mass is 35.5. The van der Waals surface area contributed by atoms with E-state index in [2.05, 4.69) is 29.0 Å². The predicted octanol–water partition coefficient (Wildman–Crippen LogP) is 5.55. The molecule has 0 N–H and O–H groups in total. The number of rotatable bonds is 5. The maximum absolute atomic E-state index is 14.0. The van der Waals surface area contributed by atoms with Gasteiger partial charge in [0.2, 0.25) is 0 Å². The van der Waals surface area contributed by atoms with Crippen LogP contribution in [0.5, 0.6) is 0 Å². The lowest BCUT2D eigenvalue weighted by molar-refractivity contribution is 0.0971. The second kappa shape index (κ2) is 10.6. The van der Waals surface area contributed by atoms with E-state index in [-0.39, 0.29) is 11.3 Å². The number of halogens is 1. The van der Waals surface area contributed by atoms with E-state index in [1.54, 1.807) is 10.6 Å². The number of carbonyl (C=O) groups is 1. The van der Waals surface area contributed by atoms with Crippen LogP contribution in [0, 0.1) is 0 Å². The van der Waals surface area contributed by atoms with Gasteiger partial charge in [-0.05, 0) is 55.8 Å². The molecule has 8 heteroatoms. The molecule has 0 radical (unpaired) electrons. The number of benzene rings is 2. The summed E-state index contributed by atoms with van der Waals surface area (Å²) in [5.41, 5.74) is 5.49. The van der Waals surface area contributed by atoms with Gasteiger partial charge < -0.3 is 4.90 Å². The van der Waals surface area contributed by atoms with Crippen LogP contribution in [0.1, 0.15) is 34.5 Å². The van der Waals surface area contributed by atoms with E-state index in [9.17, 15) is 9.59 Å². The molecule has 38 heavy (non-hydrogen) atoms. The number of pyridine rings is 1. The number of nitrogens with zero attached hydrogens (tertiary/aromatic N) is 4.